The van der Waals surface area contributed by atoms with E-state index in [0.717, 1.165) is 41.7 Å². The quantitative estimate of drug-likeness (QED) is 0.267. The molecule has 2 aromatic carbocycles. The van der Waals surface area contributed by atoms with Gasteiger partial charge in [-0.2, -0.15) is 5.26 Å². The molecule has 0 bridgehead atoms. The maximum atomic E-state index is 13.0. The molecule has 0 spiro atoms. The first-order chi connectivity index (χ1) is 16.6. The second-order valence-corrected chi connectivity index (χ2v) is 8.97. The number of nitrogens with zero attached hydrogens (tertiary/aromatic N) is 1. The number of anilines is 1. The van der Waals surface area contributed by atoms with Crippen LogP contribution in [-0.4, -0.2) is 18.9 Å². The lowest BCUT2D eigenvalue weighted by atomic mass is 9.96. The average Bonchev–Trinajstić information content (AvgIpc) is 3.24. The summed E-state index contributed by atoms with van der Waals surface area (Å²) in [5.41, 5.74) is 2.81. The van der Waals surface area contributed by atoms with E-state index in [1.807, 2.05) is 30.3 Å². The second-order valence-electron chi connectivity index (χ2n) is 7.86. The third-order valence-electron chi connectivity index (χ3n) is 5.61. The highest BCUT2D eigenvalue weighted by molar-refractivity contribution is 7.16. The van der Waals surface area contributed by atoms with Crippen LogP contribution >= 0.6 is 11.3 Å². The molecular weight excluding hydrogens is 448 g/mol. The molecule has 0 atom stereocenters. The Morgan fingerprint density at radius 2 is 1.82 bits per heavy atom. The molecule has 1 aliphatic carbocycles. The third-order valence-corrected chi connectivity index (χ3v) is 6.82. The normalized spacial score (nSPS) is 12.9. The van der Waals surface area contributed by atoms with Gasteiger partial charge in [0.25, 0.3) is 0 Å². The lowest BCUT2D eigenvalue weighted by molar-refractivity contribution is -0.140. The van der Waals surface area contributed by atoms with Crippen molar-refractivity contribution in [1.29, 1.82) is 5.26 Å². The van der Waals surface area contributed by atoms with Crippen LogP contribution < -0.4 is 10.1 Å². The zero-order valence-corrected chi connectivity index (χ0v) is 19.6. The largest absolute Gasteiger partial charge is 0.497 e. The summed E-state index contributed by atoms with van der Waals surface area (Å²) in [5, 5.41) is 13.4. The van der Waals surface area contributed by atoms with Crippen LogP contribution in [0.25, 0.3) is 0 Å². The van der Waals surface area contributed by atoms with Crippen molar-refractivity contribution >= 4 is 28.1 Å². The maximum Gasteiger partial charge on any atom is 0.355 e. The standard InChI is InChI=1S/C27H24N2O4S/c1-32-20-13-11-19(12-14-20)24(30)15-23(27(31)33-17-18-7-3-2-4-8-18)29-26-22(16-28)21-9-5-6-10-25(21)34-26/h2-4,7-8,11-15,29H,5-6,9-10,17H2,1H3. The van der Waals surface area contributed by atoms with Crippen molar-refractivity contribution in [3.63, 3.8) is 0 Å². The minimum absolute atomic E-state index is 0.00755. The van der Waals surface area contributed by atoms with E-state index in [2.05, 4.69) is 11.4 Å². The summed E-state index contributed by atoms with van der Waals surface area (Å²) in [7, 11) is 1.55. The number of carbonyl (C=O) groups is 2. The Bertz CT molecular complexity index is 1250. The fraction of sp³-hybridized carbons (Fsp3) is 0.222. The molecule has 0 saturated heterocycles. The first-order valence-electron chi connectivity index (χ1n) is 11.0. The predicted octanol–water partition coefficient (Wildman–Crippen LogP) is 5.43. The first kappa shape index (κ1) is 23.3. The van der Waals surface area contributed by atoms with E-state index >= 15 is 0 Å². The molecule has 0 amide bonds. The number of thiophene rings is 1. The van der Waals surface area contributed by atoms with Crippen LogP contribution in [0.1, 0.15) is 44.8 Å². The van der Waals surface area contributed by atoms with Crippen LogP contribution in [0.2, 0.25) is 0 Å². The Morgan fingerprint density at radius 3 is 2.53 bits per heavy atom. The van der Waals surface area contributed by atoms with Gasteiger partial charge in [-0.3, -0.25) is 4.79 Å². The van der Waals surface area contributed by atoms with Crippen molar-refractivity contribution < 1.29 is 19.1 Å². The van der Waals surface area contributed by atoms with Crippen molar-refractivity contribution in [3.05, 3.63) is 93.5 Å². The summed E-state index contributed by atoms with van der Waals surface area (Å²) < 4.78 is 10.6. The topological polar surface area (TPSA) is 88.4 Å². The zero-order chi connectivity index (χ0) is 23.9. The summed E-state index contributed by atoms with van der Waals surface area (Å²) in [6.07, 6.45) is 5.11. The van der Waals surface area contributed by atoms with Gasteiger partial charge in [-0.25, -0.2) is 4.79 Å². The lowest BCUT2D eigenvalue weighted by Gasteiger charge is -2.11. The number of fused-ring (bicyclic) bond motifs is 1. The predicted molar refractivity (Wildman–Crippen MR) is 131 cm³/mol. The number of methoxy groups -OCH3 is 1. The summed E-state index contributed by atoms with van der Waals surface area (Å²) in [4.78, 5) is 27.1. The van der Waals surface area contributed by atoms with Crippen LogP contribution in [0.15, 0.2) is 66.4 Å². The number of hydrogen-bond acceptors (Lipinski definition) is 7. The fourth-order valence-corrected chi connectivity index (χ4v) is 5.06. The van der Waals surface area contributed by atoms with Crippen molar-refractivity contribution in [2.24, 2.45) is 0 Å². The molecule has 1 aromatic heterocycles. The number of nitriles is 1. The number of aryl methyl sites for hydroxylation is 1. The van der Waals surface area contributed by atoms with Crippen molar-refractivity contribution in [2.75, 3.05) is 12.4 Å². The van der Waals surface area contributed by atoms with Gasteiger partial charge in [0.05, 0.1) is 12.7 Å². The SMILES string of the molecule is COc1ccc(C(=O)C=C(Nc2sc3c(c2C#N)CCCC3)C(=O)OCc2ccccc2)cc1. The van der Waals surface area contributed by atoms with Crippen LogP contribution in [0.3, 0.4) is 0 Å². The Hall–Kier alpha value is -3.89. The second kappa shape index (κ2) is 10.8. The van der Waals surface area contributed by atoms with Gasteiger partial charge in [0.15, 0.2) is 5.78 Å². The van der Waals surface area contributed by atoms with E-state index in [0.29, 0.717) is 21.9 Å². The number of nitrogens with one attached hydrogen (secondary N) is 1. The molecule has 6 nitrogen and oxygen atoms in total. The molecule has 4 rings (SSSR count). The zero-order valence-electron chi connectivity index (χ0n) is 18.8. The van der Waals surface area contributed by atoms with Crippen LogP contribution in [0.4, 0.5) is 5.00 Å². The van der Waals surface area contributed by atoms with Crippen molar-refractivity contribution in [3.8, 4) is 11.8 Å². The number of benzene rings is 2. The molecule has 1 aliphatic rings. The first-order valence-corrected chi connectivity index (χ1v) is 11.8. The van der Waals surface area contributed by atoms with Crippen LogP contribution in [0.5, 0.6) is 5.75 Å². The van der Waals surface area contributed by atoms with E-state index in [1.165, 1.54) is 17.4 Å². The smallest absolute Gasteiger partial charge is 0.355 e. The monoisotopic (exact) mass is 472 g/mol. The minimum Gasteiger partial charge on any atom is -0.497 e. The molecular formula is C27H24N2O4S. The molecule has 0 radical (unpaired) electrons. The molecule has 0 unspecified atom stereocenters. The van der Waals surface area contributed by atoms with Crippen molar-refractivity contribution in [2.45, 2.75) is 32.3 Å². The molecule has 0 fully saturated rings. The Balaban J connectivity index is 1.62. The van der Waals surface area contributed by atoms with Gasteiger partial charge in [0, 0.05) is 16.5 Å². The lowest BCUT2D eigenvalue weighted by Crippen LogP contribution is -2.16. The fourth-order valence-electron chi connectivity index (χ4n) is 3.81. The number of allylic oxidation sites excluding steroid dienone is 1. The molecule has 1 N–H and O–H groups in total. The third kappa shape index (κ3) is 5.36. The number of ketones is 1. The average molecular weight is 473 g/mol. The van der Waals surface area contributed by atoms with Gasteiger partial charge in [-0.15, -0.1) is 11.3 Å². The number of rotatable bonds is 8. The molecule has 0 saturated carbocycles. The highest BCUT2D eigenvalue weighted by atomic mass is 32.1. The minimum atomic E-state index is -0.666. The van der Waals surface area contributed by atoms with Gasteiger partial charge >= 0.3 is 5.97 Å². The molecule has 0 aliphatic heterocycles. The molecule has 3 aromatic rings. The molecule has 1 heterocycles. The maximum absolute atomic E-state index is 13.0. The van der Waals surface area contributed by atoms with Crippen LogP contribution in [-0.2, 0) is 29.0 Å². The summed E-state index contributed by atoms with van der Waals surface area (Å²) in [6, 6.07) is 18.2. The van der Waals surface area contributed by atoms with Gasteiger partial charge in [-0.1, -0.05) is 30.3 Å². The number of esters is 1. The number of ether oxygens (including phenoxy) is 2. The van der Waals surface area contributed by atoms with Crippen LogP contribution in [0, 0.1) is 11.3 Å². The van der Waals surface area contributed by atoms with Gasteiger partial charge in [-0.05, 0) is 61.1 Å². The summed E-state index contributed by atoms with van der Waals surface area (Å²) in [6.45, 7) is 0.0709. The summed E-state index contributed by atoms with van der Waals surface area (Å²) >= 11 is 1.46. The van der Waals surface area contributed by atoms with E-state index < -0.39 is 5.97 Å². The Kier molecular flexibility index (Phi) is 7.41. The molecule has 34 heavy (non-hydrogen) atoms. The number of carbonyl (C=O) groups excluding carboxylic acids is 2. The van der Waals surface area contributed by atoms with E-state index in [4.69, 9.17) is 9.47 Å². The van der Waals surface area contributed by atoms with Gasteiger partial charge < -0.3 is 14.8 Å². The Morgan fingerprint density at radius 1 is 1.09 bits per heavy atom. The highest BCUT2D eigenvalue weighted by Crippen LogP contribution is 2.38. The van der Waals surface area contributed by atoms with E-state index in [1.54, 1.807) is 31.4 Å². The highest BCUT2D eigenvalue weighted by Gasteiger charge is 2.23. The summed E-state index contributed by atoms with van der Waals surface area (Å²) in [5.74, 6) is -0.397. The van der Waals surface area contributed by atoms with E-state index in [9.17, 15) is 14.9 Å². The van der Waals surface area contributed by atoms with Gasteiger partial charge in [0.2, 0.25) is 0 Å². The Labute approximate surface area is 202 Å². The van der Waals surface area contributed by atoms with Gasteiger partial charge in [0.1, 0.15) is 29.1 Å². The number of hydrogen-bond donors (Lipinski definition) is 1. The molecule has 172 valence electrons. The molecule has 7 heteroatoms. The van der Waals surface area contributed by atoms with Crippen molar-refractivity contribution in [1.82, 2.24) is 0 Å². The van der Waals surface area contributed by atoms with E-state index in [-0.39, 0.29) is 18.1 Å².